The number of rotatable bonds is 5. The zero-order valence-electron chi connectivity index (χ0n) is 12.0. The molecule has 0 amide bonds. The molecule has 1 aromatic rings. The molecule has 0 spiro atoms. The highest BCUT2D eigenvalue weighted by atomic mass is 35.5. The molecule has 1 aliphatic heterocycles. The molecule has 110 valence electrons. The van der Waals surface area contributed by atoms with Gasteiger partial charge in [-0.2, -0.15) is 11.8 Å². The first-order valence-corrected chi connectivity index (χ1v) is 9.03. The Morgan fingerprint density at radius 3 is 2.90 bits per heavy atom. The van der Waals surface area contributed by atoms with Crippen LogP contribution in [0.2, 0.25) is 5.02 Å². The SMILES string of the molecule is CSC1(CNCc2cc(Cl)cc3c2OCC3)CCCC1. The fraction of sp³-hybridized carbons (Fsp3) is 0.625. The van der Waals surface area contributed by atoms with Crippen LogP contribution in [0, 0.1) is 0 Å². The molecule has 2 nitrogen and oxygen atoms in total. The van der Waals surface area contributed by atoms with Crippen molar-refractivity contribution in [2.75, 3.05) is 19.4 Å². The molecule has 0 atom stereocenters. The van der Waals surface area contributed by atoms with Crippen LogP contribution in [0.15, 0.2) is 12.1 Å². The number of halogens is 1. The van der Waals surface area contributed by atoms with Crippen molar-refractivity contribution < 1.29 is 4.74 Å². The lowest BCUT2D eigenvalue weighted by Crippen LogP contribution is -2.34. The highest BCUT2D eigenvalue weighted by molar-refractivity contribution is 8.00. The number of fused-ring (bicyclic) bond motifs is 1. The quantitative estimate of drug-likeness (QED) is 0.886. The molecule has 1 aliphatic carbocycles. The summed E-state index contributed by atoms with van der Waals surface area (Å²) in [6.07, 6.45) is 8.65. The standard InChI is InChI=1S/C16H22ClNOS/c1-20-16(5-2-3-6-16)11-18-10-13-9-14(17)8-12-4-7-19-15(12)13/h8-9,18H,2-7,10-11H2,1H3. The summed E-state index contributed by atoms with van der Waals surface area (Å²) in [6, 6.07) is 4.08. The number of benzene rings is 1. The molecule has 1 heterocycles. The van der Waals surface area contributed by atoms with Crippen molar-refractivity contribution in [2.24, 2.45) is 0 Å². The zero-order chi connectivity index (χ0) is 14.0. The number of ether oxygens (including phenoxy) is 1. The van der Waals surface area contributed by atoms with Crippen LogP contribution in [0.4, 0.5) is 0 Å². The van der Waals surface area contributed by atoms with Gasteiger partial charge >= 0.3 is 0 Å². The van der Waals surface area contributed by atoms with Gasteiger partial charge in [0.2, 0.25) is 0 Å². The van der Waals surface area contributed by atoms with Gasteiger partial charge in [0.15, 0.2) is 0 Å². The summed E-state index contributed by atoms with van der Waals surface area (Å²) in [5, 5.41) is 4.46. The van der Waals surface area contributed by atoms with Gasteiger partial charge in [-0.1, -0.05) is 24.4 Å². The van der Waals surface area contributed by atoms with Crippen LogP contribution < -0.4 is 10.1 Å². The van der Waals surface area contributed by atoms with Crippen molar-refractivity contribution in [3.05, 3.63) is 28.3 Å². The molecule has 1 fully saturated rings. The molecule has 1 aromatic carbocycles. The van der Waals surface area contributed by atoms with Crippen LogP contribution in [0.5, 0.6) is 5.75 Å². The van der Waals surface area contributed by atoms with E-state index < -0.39 is 0 Å². The monoisotopic (exact) mass is 311 g/mol. The summed E-state index contributed by atoms with van der Waals surface area (Å²) in [7, 11) is 0. The Kier molecular flexibility index (Phi) is 4.49. The van der Waals surface area contributed by atoms with E-state index >= 15 is 0 Å². The maximum absolute atomic E-state index is 6.20. The molecule has 1 saturated carbocycles. The van der Waals surface area contributed by atoms with Crippen LogP contribution in [0.25, 0.3) is 0 Å². The molecule has 3 rings (SSSR count). The van der Waals surface area contributed by atoms with Gasteiger partial charge in [-0.15, -0.1) is 0 Å². The first-order chi connectivity index (χ1) is 9.72. The third-order valence-corrected chi connectivity index (χ3v) is 6.17. The van der Waals surface area contributed by atoms with Crippen LogP contribution in [0.1, 0.15) is 36.8 Å². The van der Waals surface area contributed by atoms with Crippen LogP contribution in [-0.4, -0.2) is 24.2 Å². The van der Waals surface area contributed by atoms with Gasteiger partial charge in [0.05, 0.1) is 6.61 Å². The molecular weight excluding hydrogens is 290 g/mol. The van der Waals surface area contributed by atoms with Crippen molar-refractivity contribution >= 4 is 23.4 Å². The maximum Gasteiger partial charge on any atom is 0.127 e. The number of hydrogen-bond donors (Lipinski definition) is 1. The highest BCUT2D eigenvalue weighted by Crippen LogP contribution is 2.40. The van der Waals surface area contributed by atoms with Gasteiger partial charge < -0.3 is 10.1 Å². The Morgan fingerprint density at radius 2 is 2.15 bits per heavy atom. The normalized spacial score (nSPS) is 19.9. The highest BCUT2D eigenvalue weighted by Gasteiger charge is 2.32. The summed E-state index contributed by atoms with van der Waals surface area (Å²) in [5.41, 5.74) is 2.47. The smallest absolute Gasteiger partial charge is 0.127 e. The summed E-state index contributed by atoms with van der Waals surface area (Å²) < 4.78 is 6.20. The minimum absolute atomic E-state index is 0.447. The topological polar surface area (TPSA) is 21.3 Å². The van der Waals surface area contributed by atoms with E-state index in [4.69, 9.17) is 16.3 Å². The average Bonchev–Trinajstić information content (AvgIpc) is 3.07. The number of nitrogens with one attached hydrogen (secondary N) is 1. The van der Waals surface area contributed by atoms with Gasteiger partial charge in [-0.3, -0.25) is 0 Å². The summed E-state index contributed by atoms with van der Waals surface area (Å²) in [5.74, 6) is 1.06. The fourth-order valence-corrected chi connectivity index (χ4v) is 4.58. The molecule has 0 bridgehead atoms. The Bertz CT molecular complexity index is 486. The molecule has 2 aliphatic rings. The molecule has 1 N–H and O–H groups in total. The Balaban J connectivity index is 1.64. The first kappa shape index (κ1) is 14.6. The summed E-state index contributed by atoms with van der Waals surface area (Å²) in [4.78, 5) is 0. The molecule has 0 unspecified atom stereocenters. The second-order valence-electron chi connectivity index (χ2n) is 5.85. The zero-order valence-corrected chi connectivity index (χ0v) is 13.6. The predicted molar refractivity (Wildman–Crippen MR) is 87.1 cm³/mol. The van der Waals surface area contributed by atoms with E-state index in [1.165, 1.54) is 36.8 Å². The second kappa shape index (κ2) is 6.17. The van der Waals surface area contributed by atoms with Crippen molar-refractivity contribution in [3.63, 3.8) is 0 Å². The fourth-order valence-electron chi connectivity index (χ4n) is 3.37. The number of thioether (sulfide) groups is 1. The van der Waals surface area contributed by atoms with E-state index in [0.29, 0.717) is 4.75 Å². The summed E-state index contributed by atoms with van der Waals surface area (Å²) in [6.45, 7) is 2.72. The van der Waals surface area contributed by atoms with Crippen molar-refractivity contribution in [2.45, 2.75) is 43.4 Å². The van der Waals surface area contributed by atoms with Crippen LogP contribution in [0.3, 0.4) is 0 Å². The lowest BCUT2D eigenvalue weighted by molar-refractivity contribution is 0.352. The molecular formula is C16H22ClNOS. The Labute approximate surface area is 130 Å². The van der Waals surface area contributed by atoms with Gasteiger partial charge in [0, 0.05) is 34.8 Å². The van der Waals surface area contributed by atoms with E-state index in [-0.39, 0.29) is 0 Å². The van der Waals surface area contributed by atoms with Crippen molar-refractivity contribution in [1.82, 2.24) is 5.32 Å². The van der Waals surface area contributed by atoms with Crippen LogP contribution in [-0.2, 0) is 13.0 Å². The van der Waals surface area contributed by atoms with E-state index in [0.717, 1.165) is 36.9 Å². The second-order valence-corrected chi connectivity index (χ2v) is 7.56. The molecule has 4 heteroatoms. The lowest BCUT2D eigenvalue weighted by atomic mass is 10.1. The minimum Gasteiger partial charge on any atom is -0.493 e. The van der Waals surface area contributed by atoms with E-state index in [1.807, 2.05) is 23.9 Å². The molecule has 0 aromatic heterocycles. The first-order valence-electron chi connectivity index (χ1n) is 7.42. The van der Waals surface area contributed by atoms with E-state index in [9.17, 15) is 0 Å². The molecule has 20 heavy (non-hydrogen) atoms. The van der Waals surface area contributed by atoms with E-state index in [2.05, 4.69) is 11.6 Å². The van der Waals surface area contributed by atoms with Crippen molar-refractivity contribution in [1.29, 1.82) is 0 Å². The molecule has 0 radical (unpaired) electrons. The third-order valence-electron chi connectivity index (χ3n) is 4.54. The van der Waals surface area contributed by atoms with Gasteiger partial charge in [0.25, 0.3) is 0 Å². The summed E-state index contributed by atoms with van der Waals surface area (Å²) >= 11 is 8.23. The van der Waals surface area contributed by atoms with E-state index in [1.54, 1.807) is 0 Å². The minimum atomic E-state index is 0.447. The third kappa shape index (κ3) is 2.95. The Morgan fingerprint density at radius 1 is 1.35 bits per heavy atom. The number of hydrogen-bond acceptors (Lipinski definition) is 3. The average molecular weight is 312 g/mol. The van der Waals surface area contributed by atoms with Gasteiger partial charge in [0.1, 0.15) is 5.75 Å². The predicted octanol–water partition coefficient (Wildman–Crippen LogP) is 4.04. The van der Waals surface area contributed by atoms with Gasteiger partial charge in [-0.05, 0) is 36.8 Å². The maximum atomic E-state index is 6.20. The largest absolute Gasteiger partial charge is 0.493 e. The van der Waals surface area contributed by atoms with Crippen LogP contribution >= 0.6 is 23.4 Å². The van der Waals surface area contributed by atoms with Crippen molar-refractivity contribution in [3.8, 4) is 5.75 Å². The Hall–Kier alpha value is -0.380. The van der Waals surface area contributed by atoms with Gasteiger partial charge in [-0.25, -0.2) is 0 Å². The molecule has 0 saturated heterocycles. The lowest BCUT2D eigenvalue weighted by Gasteiger charge is -2.27.